The minimum atomic E-state index is -0.220. The Morgan fingerprint density at radius 2 is 1.73 bits per heavy atom. The Bertz CT molecular complexity index is 829. The van der Waals surface area contributed by atoms with Gasteiger partial charge >= 0.3 is 0 Å². The molecule has 1 N–H and O–H groups in total. The maximum absolute atomic E-state index is 12.2. The number of pyridine rings is 2. The summed E-state index contributed by atoms with van der Waals surface area (Å²) in [6, 6.07) is 14.4. The van der Waals surface area contributed by atoms with E-state index in [0.717, 1.165) is 11.1 Å². The van der Waals surface area contributed by atoms with Crippen molar-refractivity contribution >= 4 is 22.8 Å². The molecule has 0 saturated carbocycles. The van der Waals surface area contributed by atoms with Crippen LogP contribution in [0.2, 0.25) is 0 Å². The largest absolute Gasteiger partial charge is 0.497 e. The number of rotatable bonds is 3. The third-order valence-electron chi connectivity index (χ3n) is 3.29. The van der Waals surface area contributed by atoms with Crippen LogP contribution in [0.1, 0.15) is 16.1 Å². The Labute approximate surface area is 128 Å². The summed E-state index contributed by atoms with van der Waals surface area (Å²) in [5.41, 5.74) is 2.05. The Morgan fingerprint density at radius 3 is 2.45 bits per heavy atom. The van der Waals surface area contributed by atoms with E-state index in [9.17, 15) is 4.79 Å². The molecule has 0 aliphatic carbocycles. The number of hydrogen-bond acceptors (Lipinski definition) is 4. The van der Waals surface area contributed by atoms with Crippen LogP contribution >= 0.6 is 0 Å². The molecule has 3 aromatic rings. The molecule has 3 rings (SSSR count). The summed E-state index contributed by atoms with van der Waals surface area (Å²) in [6.45, 7) is 1.91. The van der Waals surface area contributed by atoms with Crippen LogP contribution in [-0.2, 0) is 0 Å². The van der Waals surface area contributed by atoms with Crippen molar-refractivity contribution in [2.45, 2.75) is 6.92 Å². The van der Waals surface area contributed by atoms with Gasteiger partial charge in [0.25, 0.3) is 5.91 Å². The van der Waals surface area contributed by atoms with Crippen LogP contribution in [0.3, 0.4) is 0 Å². The molecule has 0 saturated heterocycles. The van der Waals surface area contributed by atoms with Crippen molar-refractivity contribution in [3.05, 3.63) is 59.8 Å². The van der Waals surface area contributed by atoms with Gasteiger partial charge in [0.15, 0.2) is 5.65 Å². The average molecular weight is 293 g/mol. The Morgan fingerprint density at radius 1 is 1.00 bits per heavy atom. The van der Waals surface area contributed by atoms with Crippen LogP contribution in [0.5, 0.6) is 5.75 Å². The lowest BCUT2D eigenvalue weighted by molar-refractivity contribution is 0.102. The topological polar surface area (TPSA) is 64.1 Å². The van der Waals surface area contributed by atoms with Gasteiger partial charge in [-0.3, -0.25) is 4.79 Å². The van der Waals surface area contributed by atoms with Crippen LogP contribution in [0.4, 0.5) is 5.82 Å². The SMILES string of the molecule is COc1ccc(C(=O)Nc2ccc3ccc(C)nc3n2)cc1. The Kier molecular flexibility index (Phi) is 3.70. The number of methoxy groups -OCH3 is 1. The molecule has 0 bridgehead atoms. The number of hydrogen-bond donors (Lipinski definition) is 1. The van der Waals surface area contributed by atoms with Gasteiger partial charge in [-0.25, -0.2) is 9.97 Å². The lowest BCUT2D eigenvalue weighted by Gasteiger charge is -2.06. The molecule has 2 heterocycles. The fourth-order valence-corrected chi connectivity index (χ4v) is 2.09. The molecule has 22 heavy (non-hydrogen) atoms. The predicted octanol–water partition coefficient (Wildman–Crippen LogP) is 3.20. The molecule has 0 aliphatic rings. The van der Waals surface area contributed by atoms with E-state index in [1.807, 2.05) is 25.1 Å². The molecular formula is C17H15N3O2. The molecule has 5 heteroatoms. The van der Waals surface area contributed by atoms with Gasteiger partial charge in [0, 0.05) is 16.6 Å². The second-order valence-electron chi connectivity index (χ2n) is 4.88. The summed E-state index contributed by atoms with van der Waals surface area (Å²) in [5.74, 6) is 0.966. The zero-order valence-corrected chi connectivity index (χ0v) is 12.3. The quantitative estimate of drug-likeness (QED) is 0.805. The number of benzene rings is 1. The van der Waals surface area contributed by atoms with Crippen molar-refractivity contribution < 1.29 is 9.53 Å². The molecule has 0 fully saturated rings. The van der Waals surface area contributed by atoms with E-state index in [2.05, 4.69) is 15.3 Å². The molecule has 0 atom stereocenters. The number of nitrogens with one attached hydrogen (secondary N) is 1. The highest BCUT2D eigenvalue weighted by Gasteiger charge is 2.08. The first-order valence-corrected chi connectivity index (χ1v) is 6.85. The van der Waals surface area contributed by atoms with Gasteiger partial charge in [-0.15, -0.1) is 0 Å². The standard InChI is InChI=1S/C17H15N3O2/c1-11-3-4-12-7-10-15(19-16(12)18-11)20-17(21)13-5-8-14(22-2)9-6-13/h3-10H,1-2H3,(H,18,19,20,21). The van der Waals surface area contributed by atoms with Gasteiger partial charge < -0.3 is 10.1 Å². The normalized spacial score (nSPS) is 10.5. The predicted molar refractivity (Wildman–Crippen MR) is 85.2 cm³/mol. The van der Waals surface area contributed by atoms with Crippen molar-refractivity contribution in [1.29, 1.82) is 0 Å². The van der Waals surface area contributed by atoms with Crippen LogP contribution < -0.4 is 10.1 Å². The number of aromatic nitrogens is 2. The summed E-state index contributed by atoms with van der Waals surface area (Å²) < 4.78 is 5.07. The molecule has 0 radical (unpaired) electrons. The number of ether oxygens (including phenoxy) is 1. The van der Waals surface area contributed by atoms with Gasteiger partial charge in [-0.2, -0.15) is 0 Å². The van der Waals surface area contributed by atoms with Crippen LogP contribution in [0, 0.1) is 6.92 Å². The van der Waals surface area contributed by atoms with E-state index < -0.39 is 0 Å². The van der Waals surface area contributed by atoms with Gasteiger partial charge in [-0.1, -0.05) is 0 Å². The highest BCUT2D eigenvalue weighted by molar-refractivity contribution is 6.04. The third-order valence-corrected chi connectivity index (χ3v) is 3.29. The molecular weight excluding hydrogens is 278 g/mol. The van der Waals surface area contributed by atoms with E-state index >= 15 is 0 Å². The number of nitrogens with zero attached hydrogens (tertiary/aromatic N) is 2. The molecule has 5 nitrogen and oxygen atoms in total. The fraction of sp³-hybridized carbons (Fsp3) is 0.118. The smallest absolute Gasteiger partial charge is 0.256 e. The Hall–Kier alpha value is -2.95. The maximum Gasteiger partial charge on any atom is 0.256 e. The molecule has 1 aromatic carbocycles. The summed E-state index contributed by atoms with van der Waals surface area (Å²) in [4.78, 5) is 20.9. The second kappa shape index (κ2) is 5.81. The summed E-state index contributed by atoms with van der Waals surface area (Å²) in [7, 11) is 1.59. The summed E-state index contributed by atoms with van der Waals surface area (Å²) in [5, 5.41) is 3.71. The average Bonchev–Trinajstić information content (AvgIpc) is 2.54. The Balaban J connectivity index is 1.83. The number of aryl methyl sites for hydroxylation is 1. The number of fused-ring (bicyclic) bond motifs is 1. The van der Waals surface area contributed by atoms with Gasteiger partial charge in [0.2, 0.25) is 0 Å². The van der Waals surface area contributed by atoms with E-state index in [1.165, 1.54) is 0 Å². The molecule has 0 unspecified atom stereocenters. The van der Waals surface area contributed by atoms with Crippen LogP contribution in [0.15, 0.2) is 48.5 Å². The van der Waals surface area contributed by atoms with Crippen LogP contribution in [-0.4, -0.2) is 23.0 Å². The van der Waals surface area contributed by atoms with E-state index in [4.69, 9.17) is 4.74 Å². The first-order valence-electron chi connectivity index (χ1n) is 6.85. The second-order valence-corrected chi connectivity index (χ2v) is 4.88. The molecule has 1 amide bonds. The molecule has 110 valence electrons. The molecule has 0 aliphatic heterocycles. The zero-order chi connectivity index (χ0) is 15.5. The number of carbonyl (C=O) groups excluding carboxylic acids is 1. The number of anilines is 1. The van der Waals surface area contributed by atoms with Gasteiger partial charge in [-0.05, 0) is 55.5 Å². The van der Waals surface area contributed by atoms with Crippen molar-refractivity contribution in [3.8, 4) is 5.75 Å². The van der Waals surface area contributed by atoms with Crippen molar-refractivity contribution in [2.75, 3.05) is 12.4 Å². The summed E-state index contributed by atoms with van der Waals surface area (Å²) in [6.07, 6.45) is 0. The van der Waals surface area contributed by atoms with Crippen molar-refractivity contribution in [2.24, 2.45) is 0 Å². The van der Waals surface area contributed by atoms with E-state index in [1.54, 1.807) is 37.4 Å². The summed E-state index contributed by atoms with van der Waals surface area (Å²) >= 11 is 0. The lowest BCUT2D eigenvalue weighted by atomic mass is 10.2. The van der Waals surface area contributed by atoms with Crippen LogP contribution in [0.25, 0.3) is 11.0 Å². The fourth-order valence-electron chi connectivity index (χ4n) is 2.09. The number of amides is 1. The maximum atomic E-state index is 12.2. The minimum absolute atomic E-state index is 0.220. The number of carbonyl (C=O) groups is 1. The van der Waals surface area contributed by atoms with Gasteiger partial charge in [0.1, 0.15) is 11.6 Å². The zero-order valence-electron chi connectivity index (χ0n) is 12.3. The van der Waals surface area contributed by atoms with Crippen molar-refractivity contribution in [1.82, 2.24) is 9.97 Å². The van der Waals surface area contributed by atoms with Crippen molar-refractivity contribution in [3.63, 3.8) is 0 Å². The van der Waals surface area contributed by atoms with E-state index in [-0.39, 0.29) is 5.91 Å². The molecule has 2 aromatic heterocycles. The molecule has 0 spiro atoms. The third kappa shape index (κ3) is 2.88. The minimum Gasteiger partial charge on any atom is -0.497 e. The highest BCUT2D eigenvalue weighted by Crippen LogP contribution is 2.16. The van der Waals surface area contributed by atoms with E-state index in [0.29, 0.717) is 22.8 Å². The lowest BCUT2D eigenvalue weighted by Crippen LogP contribution is -2.12. The first-order chi connectivity index (χ1) is 10.7. The first kappa shape index (κ1) is 14.0. The van der Waals surface area contributed by atoms with Gasteiger partial charge in [0.05, 0.1) is 7.11 Å². The monoisotopic (exact) mass is 293 g/mol. The highest BCUT2D eigenvalue weighted by atomic mass is 16.5.